The zero-order valence-corrected chi connectivity index (χ0v) is 15.2. The number of rotatable bonds is 1. The molecule has 0 heteroatoms. The Labute approximate surface area is 140 Å². The molecule has 0 atom stereocenters. The number of hydrogen-bond acceptors (Lipinski definition) is 0. The molecule has 0 aromatic heterocycles. The van der Waals surface area contributed by atoms with Crippen LogP contribution in [0, 0.1) is 0 Å². The van der Waals surface area contributed by atoms with Crippen LogP contribution in [0.5, 0.6) is 0 Å². The molecule has 0 bridgehead atoms. The minimum absolute atomic E-state index is 0.149. The third-order valence-corrected chi connectivity index (χ3v) is 4.65. The van der Waals surface area contributed by atoms with E-state index >= 15 is 0 Å². The second kappa shape index (κ2) is 5.30. The van der Waals surface area contributed by atoms with Crippen molar-refractivity contribution in [1.82, 2.24) is 0 Å². The molecule has 0 saturated carbocycles. The molecule has 0 aliphatic heterocycles. The summed E-state index contributed by atoms with van der Waals surface area (Å²) in [4.78, 5) is 0. The Morgan fingerprint density at radius 1 is 0.696 bits per heavy atom. The fourth-order valence-electron chi connectivity index (χ4n) is 3.06. The van der Waals surface area contributed by atoms with E-state index in [1.807, 2.05) is 0 Å². The van der Waals surface area contributed by atoms with Gasteiger partial charge < -0.3 is 0 Å². The van der Waals surface area contributed by atoms with Crippen molar-refractivity contribution in [1.29, 1.82) is 0 Å². The lowest BCUT2D eigenvalue weighted by Gasteiger charge is -2.28. The van der Waals surface area contributed by atoms with Gasteiger partial charge in [-0.25, -0.2) is 0 Å². The van der Waals surface area contributed by atoms with Crippen LogP contribution in [0.4, 0.5) is 0 Å². The Bertz CT molecular complexity index is 755. The number of hydrogen-bond donors (Lipinski definition) is 0. The first kappa shape index (κ1) is 15.9. The Hall–Kier alpha value is -1.95. The van der Waals surface area contributed by atoms with Crippen molar-refractivity contribution in [3.05, 3.63) is 65.7 Å². The molecular weight excluding hydrogens is 276 g/mol. The van der Waals surface area contributed by atoms with Crippen molar-refractivity contribution in [3.63, 3.8) is 0 Å². The number of fused-ring (bicyclic) bond motifs is 1. The molecule has 120 valence electrons. The van der Waals surface area contributed by atoms with Crippen LogP contribution in [0.3, 0.4) is 0 Å². The molecular formula is C23H27-. The molecule has 2 aliphatic rings. The maximum atomic E-state index is 2.38. The highest BCUT2D eigenvalue weighted by atomic mass is 14.3. The van der Waals surface area contributed by atoms with Crippen LogP contribution in [0.1, 0.15) is 52.7 Å². The average molecular weight is 303 g/mol. The van der Waals surface area contributed by atoms with Crippen LogP contribution in [0.15, 0.2) is 54.6 Å². The summed E-state index contributed by atoms with van der Waals surface area (Å²) in [5.74, 6) is 0. The standard InChI is InChI=1S/C23H27/c1-22(2,3)18-13-17(14-19(15-18)23(4,5)6)21-12-8-10-16-9-7-11-20(16)21/h7-15H,1-6H3/q-1. The molecule has 23 heavy (non-hydrogen) atoms. The van der Waals surface area contributed by atoms with E-state index < -0.39 is 0 Å². The summed E-state index contributed by atoms with van der Waals surface area (Å²) in [5, 5.41) is 0. The van der Waals surface area contributed by atoms with E-state index in [-0.39, 0.29) is 10.8 Å². The van der Waals surface area contributed by atoms with Gasteiger partial charge in [0.2, 0.25) is 0 Å². The van der Waals surface area contributed by atoms with Gasteiger partial charge in [-0.15, -0.1) is 34.9 Å². The van der Waals surface area contributed by atoms with Gasteiger partial charge >= 0.3 is 0 Å². The lowest BCUT2D eigenvalue weighted by atomic mass is 9.78. The quantitative estimate of drug-likeness (QED) is 0.435. The molecule has 3 rings (SSSR count). The Morgan fingerprint density at radius 2 is 1.30 bits per heavy atom. The van der Waals surface area contributed by atoms with Gasteiger partial charge in [-0.3, -0.25) is 0 Å². The predicted molar refractivity (Wildman–Crippen MR) is 101 cm³/mol. The molecule has 1 aromatic carbocycles. The summed E-state index contributed by atoms with van der Waals surface area (Å²) in [6.07, 6.45) is 0. The predicted octanol–water partition coefficient (Wildman–Crippen LogP) is 6.77. The average Bonchev–Trinajstić information content (AvgIpc) is 2.93. The second-order valence-corrected chi connectivity index (χ2v) is 8.63. The molecule has 1 aromatic rings. The molecule has 0 radical (unpaired) electrons. The van der Waals surface area contributed by atoms with Gasteiger partial charge in [0.25, 0.3) is 0 Å². The van der Waals surface area contributed by atoms with Gasteiger partial charge in [-0.05, 0) is 10.8 Å². The third kappa shape index (κ3) is 3.08. The highest BCUT2D eigenvalue weighted by Crippen LogP contribution is 2.38. The summed E-state index contributed by atoms with van der Waals surface area (Å²) in [5.41, 5.74) is 8.45. The van der Waals surface area contributed by atoms with E-state index in [2.05, 4.69) is 96.1 Å². The molecule has 0 nitrogen and oxygen atoms in total. The SMILES string of the molecule is CC(C)(C)c1cc(-c2[cH-]ccc3cccc2-3)cc(C(C)(C)C)c1. The van der Waals surface area contributed by atoms with E-state index in [4.69, 9.17) is 0 Å². The molecule has 0 amide bonds. The van der Waals surface area contributed by atoms with Crippen molar-refractivity contribution in [2.24, 2.45) is 0 Å². The summed E-state index contributed by atoms with van der Waals surface area (Å²) in [7, 11) is 0. The third-order valence-electron chi connectivity index (χ3n) is 4.65. The summed E-state index contributed by atoms with van der Waals surface area (Å²) >= 11 is 0. The van der Waals surface area contributed by atoms with Crippen LogP contribution in [-0.4, -0.2) is 0 Å². The molecule has 0 heterocycles. The lowest BCUT2D eigenvalue weighted by molar-refractivity contribution is 0.569. The second-order valence-electron chi connectivity index (χ2n) is 8.63. The van der Waals surface area contributed by atoms with Gasteiger partial charge in [0.1, 0.15) is 0 Å². The summed E-state index contributed by atoms with van der Waals surface area (Å²) < 4.78 is 0. The van der Waals surface area contributed by atoms with Crippen LogP contribution >= 0.6 is 0 Å². The first-order valence-electron chi connectivity index (χ1n) is 8.47. The molecule has 2 aliphatic carbocycles. The van der Waals surface area contributed by atoms with Crippen LogP contribution in [-0.2, 0) is 10.8 Å². The highest BCUT2D eigenvalue weighted by Gasteiger charge is 2.19. The van der Waals surface area contributed by atoms with Crippen molar-refractivity contribution >= 4 is 0 Å². The van der Waals surface area contributed by atoms with Crippen LogP contribution in [0.2, 0.25) is 0 Å². The van der Waals surface area contributed by atoms with Gasteiger partial charge in [0, 0.05) is 0 Å². The van der Waals surface area contributed by atoms with Gasteiger partial charge in [-0.2, -0.15) is 0 Å². The Morgan fingerprint density at radius 3 is 1.87 bits per heavy atom. The molecule has 0 spiro atoms. The van der Waals surface area contributed by atoms with E-state index in [1.54, 1.807) is 0 Å². The zero-order chi connectivity index (χ0) is 16.8. The van der Waals surface area contributed by atoms with Crippen molar-refractivity contribution < 1.29 is 0 Å². The fourth-order valence-corrected chi connectivity index (χ4v) is 3.06. The minimum atomic E-state index is 0.149. The molecule has 0 unspecified atom stereocenters. The Kier molecular flexibility index (Phi) is 3.67. The topological polar surface area (TPSA) is 0 Å². The van der Waals surface area contributed by atoms with E-state index in [0.29, 0.717) is 0 Å². The maximum Gasteiger partial charge on any atom is -0.0139 e. The fraction of sp³-hybridized carbons (Fsp3) is 0.348. The monoisotopic (exact) mass is 303 g/mol. The minimum Gasteiger partial charge on any atom is -0.145 e. The lowest BCUT2D eigenvalue weighted by Crippen LogP contribution is -2.16. The largest absolute Gasteiger partial charge is 0.145 e. The normalized spacial score (nSPS) is 12.8. The van der Waals surface area contributed by atoms with Crippen LogP contribution in [0.25, 0.3) is 22.3 Å². The molecule has 0 saturated heterocycles. The van der Waals surface area contributed by atoms with Crippen molar-refractivity contribution in [3.8, 4) is 22.3 Å². The van der Waals surface area contributed by atoms with Crippen LogP contribution < -0.4 is 0 Å². The van der Waals surface area contributed by atoms with Gasteiger partial charge in [-0.1, -0.05) is 94.6 Å². The Balaban J connectivity index is 2.25. The van der Waals surface area contributed by atoms with Gasteiger partial charge in [0.05, 0.1) is 0 Å². The summed E-state index contributed by atoms with van der Waals surface area (Å²) in [6.45, 7) is 13.8. The van der Waals surface area contributed by atoms with Crippen molar-refractivity contribution in [2.45, 2.75) is 52.4 Å². The summed E-state index contributed by atoms with van der Waals surface area (Å²) in [6, 6.07) is 20.3. The van der Waals surface area contributed by atoms with Crippen molar-refractivity contribution in [2.75, 3.05) is 0 Å². The van der Waals surface area contributed by atoms with E-state index in [9.17, 15) is 0 Å². The molecule has 0 fully saturated rings. The first-order chi connectivity index (χ1) is 10.7. The highest BCUT2D eigenvalue weighted by molar-refractivity contribution is 5.85. The number of benzene rings is 2. The maximum absolute atomic E-state index is 2.38. The van der Waals surface area contributed by atoms with E-state index in [1.165, 1.54) is 33.4 Å². The first-order valence-corrected chi connectivity index (χ1v) is 8.47. The molecule has 0 N–H and O–H groups in total. The van der Waals surface area contributed by atoms with E-state index in [0.717, 1.165) is 0 Å². The van der Waals surface area contributed by atoms with Gasteiger partial charge in [0.15, 0.2) is 0 Å². The zero-order valence-electron chi connectivity index (χ0n) is 15.2. The smallest absolute Gasteiger partial charge is 0.0139 e.